The molecule has 0 saturated heterocycles. The van der Waals surface area contributed by atoms with Crippen molar-refractivity contribution in [3.05, 3.63) is 29.8 Å². The number of amides is 1. The molecule has 2 atom stereocenters. The van der Waals surface area contributed by atoms with E-state index in [0.29, 0.717) is 25.0 Å². The zero-order valence-corrected chi connectivity index (χ0v) is 12.8. The SMILES string of the molecule is CCCC(NC(=O)C(CC)Oc1cccc(C)c1)C(=O)O. The van der Waals surface area contributed by atoms with E-state index < -0.39 is 18.1 Å². The largest absolute Gasteiger partial charge is 0.481 e. The maximum atomic E-state index is 12.2. The molecule has 0 aromatic heterocycles. The van der Waals surface area contributed by atoms with E-state index >= 15 is 0 Å². The summed E-state index contributed by atoms with van der Waals surface area (Å²) in [6.45, 7) is 5.65. The molecule has 0 aliphatic carbocycles. The Kier molecular flexibility index (Phi) is 6.72. The molecule has 0 aliphatic heterocycles. The number of carbonyl (C=O) groups excluding carboxylic acids is 1. The van der Waals surface area contributed by atoms with Gasteiger partial charge >= 0.3 is 5.97 Å². The van der Waals surface area contributed by atoms with Crippen molar-refractivity contribution in [1.82, 2.24) is 5.32 Å². The van der Waals surface area contributed by atoms with Gasteiger partial charge in [0.15, 0.2) is 6.10 Å². The molecule has 1 aromatic rings. The normalized spacial score (nSPS) is 13.3. The highest BCUT2D eigenvalue weighted by atomic mass is 16.5. The van der Waals surface area contributed by atoms with Crippen molar-refractivity contribution >= 4 is 11.9 Å². The lowest BCUT2D eigenvalue weighted by Crippen LogP contribution is -2.47. The summed E-state index contributed by atoms with van der Waals surface area (Å²) in [4.78, 5) is 23.2. The van der Waals surface area contributed by atoms with Crippen molar-refractivity contribution in [2.24, 2.45) is 0 Å². The van der Waals surface area contributed by atoms with Gasteiger partial charge in [-0.05, 0) is 37.5 Å². The van der Waals surface area contributed by atoms with Crippen LogP contribution in [0.25, 0.3) is 0 Å². The number of nitrogens with one attached hydrogen (secondary N) is 1. The third kappa shape index (κ3) is 5.45. The summed E-state index contributed by atoms with van der Waals surface area (Å²) < 4.78 is 5.66. The summed E-state index contributed by atoms with van der Waals surface area (Å²) in [6.07, 6.45) is 0.873. The Balaban J connectivity index is 2.70. The molecule has 0 heterocycles. The van der Waals surface area contributed by atoms with Gasteiger partial charge in [0, 0.05) is 0 Å². The number of carboxylic acid groups (broad SMARTS) is 1. The first-order valence-electron chi connectivity index (χ1n) is 7.24. The van der Waals surface area contributed by atoms with Crippen LogP contribution in [0.2, 0.25) is 0 Å². The van der Waals surface area contributed by atoms with Gasteiger partial charge in [0.1, 0.15) is 11.8 Å². The second kappa shape index (κ2) is 8.29. The molecule has 2 N–H and O–H groups in total. The van der Waals surface area contributed by atoms with Gasteiger partial charge in [-0.1, -0.05) is 32.4 Å². The summed E-state index contributed by atoms with van der Waals surface area (Å²) in [5, 5.41) is 11.6. The molecule has 0 spiro atoms. The van der Waals surface area contributed by atoms with Crippen LogP contribution in [-0.2, 0) is 9.59 Å². The molecule has 1 aromatic carbocycles. The minimum atomic E-state index is -1.02. The van der Waals surface area contributed by atoms with Gasteiger partial charge in [0.2, 0.25) is 0 Å². The van der Waals surface area contributed by atoms with E-state index in [9.17, 15) is 9.59 Å². The van der Waals surface area contributed by atoms with Gasteiger partial charge < -0.3 is 15.2 Å². The van der Waals surface area contributed by atoms with E-state index in [1.54, 1.807) is 6.07 Å². The monoisotopic (exact) mass is 293 g/mol. The molecule has 5 heteroatoms. The lowest BCUT2D eigenvalue weighted by molar-refractivity contribution is -0.143. The summed E-state index contributed by atoms with van der Waals surface area (Å²) in [5.41, 5.74) is 1.04. The molecule has 0 radical (unpaired) electrons. The topological polar surface area (TPSA) is 75.6 Å². The number of benzene rings is 1. The first-order valence-corrected chi connectivity index (χ1v) is 7.24. The Morgan fingerprint density at radius 2 is 2.05 bits per heavy atom. The Labute approximate surface area is 125 Å². The quantitative estimate of drug-likeness (QED) is 0.772. The molecular formula is C16H23NO4. The number of carbonyl (C=O) groups is 2. The standard InChI is InChI=1S/C16H23NO4/c1-4-7-13(16(19)20)17-15(18)14(5-2)21-12-9-6-8-11(3)10-12/h6,8-10,13-14H,4-5,7H2,1-3H3,(H,17,18)(H,19,20). The fourth-order valence-electron chi connectivity index (χ4n) is 1.99. The number of carboxylic acids is 1. The van der Waals surface area contributed by atoms with Crippen molar-refractivity contribution < 1.29 is 19.4 Å². The maximum absolute atomic E-state index is 12.2. The first kappa shape index (κ1) is 17.0. The van der Waals surface area contributed by atoms with E-state index in [4.69, 9.17) is 9.84 Å². The lowest BCUT2D eigenvalue weighted by Gasteiger charge is -2.20. The van der Waals surface area contributed by atoms with Crippen LogP contribution in [0, 0.1) is 6.92 Å². The molecule has 0 fully saturated rings. The zero-order chi connectivity index (χ0) is 15.8. The van der Waals surface area contributed by atoms with Crippen LogP contribution < -0.4 is 10.1 Å². The smallest absolute Gasteiger partial charge is 0.326 e. The van der Waals surface area contributed by atoms with Crippen molar-refractivity contribution in [3.63, 3.8) is 0 Å². The fraction of sp³-hybridized carbons (Fsp3) is 0.500. The predicted molar refractivity (Wildman–Crippen MR) is 80.4 cm³/mol. The molecule has 21 heavy (non-hydrogen) atoms. The van der Waals surface area contributed by atoms with Crippen LogP contribution in [-0.4, -0.2) is 29.1 Å². The number of aryl methyl sites for hydroxylation is 1. The summed E-state index contributed by atoms with van der Waals surface area (Å²) in [5.74, 6) is -0.796. The van der Waals surface area contributed by atoms with E-state index in [-0.39, 0.29) is 5.91 Å². The molecule has 1 amide bonds. The molecule has 116 valence electrons. The highest BCUT2D eigenvalue weighted by Crippen LogP contribution is 2.15. The Bertz CT molecular complexity index is 487. The molecule has 1 rings (SSSR count). The maximum Gasteiger partial charge on any atom is 0.326 e. The molecule has 0 aliphatic rings. The minimum Gasteiger partial charge on any atom is -0.481 e. The van der Waals surface area contributed by atoms with E-state index in [0.717, 1.165) is 5.56 Å². The highest BCUT2D eigenvalue weighted by Gasteiger charge is 2.24. The molecular weight excluding hydrogens is 270 g/mol. The van der Waals surface area contributed by atoms with Crippen LogP contribution in [0.1, 0.15) is 38.7 Å². The molecule has 0 saturated carbocycles. The van der Waals surface area contributed by atoms with Crippen molar-refractivity contribution in [2.75, 3.05) is 0 Å². The third-order valence-corrected chi connectivity index (χ3v) is 3.12. The van der Waals surface area contributed by atoms with Crippen LogP contribution >= 0.6 is 0 Å². The summed E-state index contributed by atoms with van der Waals surface area (Å²) >= 11 is 0. The average Bonchev–Trinajstić information content (AvgIpc) is 2.44. The third-order valence-electron chi connectivity index (χ3n) is 3.12. The Morgan fingerprint density at radius 3 is 2.57 bits per heavy atom. The molecule has 2 unspecified atom stereocenters. The van der Waals surface area contributed by atoms with E-state index in [1.165, 1.54) is 0 Å². The van der Waals surface area contributed by atoms with Crippen LogP contribution in [0.4, 0.5) is 0 Å². The highest BCUT2D eigenvalue weighted by molar-refractivity contribution is 5.86. The zero-order valence-electron chi connectivity index (χ0n) is 12.8. The van der Waals surface area contributed by atoms with Crippen molar-refractivity contribution in [1.29, 1.82) is 0 Å². The first-order chi connectivity index (χ1) is 9.97. The van der Waals surface area contributed by atoms with Crippen molar-refractivity contribution in [2.45, 2.75) is 52.2 Å². The van der Waals surface area contributed by atoms with Gasteiger partial charge in [0.25, 0.3) is 5.91 Å². The minimum absolute atomic E-state index is 0.389. The van der Waals surface area contributed by atoms with Crippen LogP contribution in [0.3, 0.4) is 0 Å². The average molecular weight is 293 g/mol. The molecule has 0 bridgehead atoms. The number of rotatable bonds is 8. The second-order valence-corrected chi connectivity index (χ2v) is 5.02. The Hall–Kier alpha value is -2.04. The van der Waals surface area contributed by atoms with Crippen LogP contribution in [0.5, 0.6) is 5.75 Å². The number of aliphatic carboxylic acids is 1. The van der Waals surface area contributed by atoms with Crippen LogP contribution in [0.15, 0.2) is 24.3 Å². The summed E-state index contributed by atoms with van der Waals surface area (Å²) in [7, 11) is 0. The lowest BCUT2D eigenvalue weighted by atomic mass is 10.1. The van der Waals surface area contributed by atoms with E-state index in [1.807, 2.05) is 39.0 Å². The van der Waals surface area contributed by atoms with Gasteiger partial charge in [0.05, 0.1) is 0 Å². The van der Waals surface area contributed by atoms with Gasteiger partial charge in [-0.15, -0.1) is 0 Å². The Morgan fingerprint density at radius 1 is 1.33 bits per heavy atom. The van der Waals surface area contributed by atoms with Gasteiger partial charge in [-0.3, -0.25) is 4.79 Å². The summed E-state index contributed by atoms with van der Waals surface area (Å²) in [6, 6.07) is 6.56. The number of hydrogen-bond acceptors (Lipinski definition) is 3. The fourth-order valence-corrected chi connectivity index (χ4v) is 1.99. The van der Waals surface area contributed by atoms with Crippen molar-refractivity contribution in [3.8, 4) is 5.75 Å². The number of hydrogen-bond donors (Lipinski definition) is 2. The molecule has 5 nitrogen and oxygen atoms in total. The second-order valence-electron chi connectivity index (χ2n) is 5.02. The van der Waals surface area contributed by atoms with Gasteiger partial charge in [-0.2, -0.15) is 0 Å². The number of ether oxygens (including phenoxy) is 1. The predicted octanol–water partition coefficient (Wildman–Crippen LogP) is 2.52. The van der Waals surface area contributed by atoms with Gasteiger partial charge in [-0.25, -0.2) is 4.79 Å². The van der Waals surface area contributed by atoms with E-state index in [2.05, 4.69) is 5.32 Å².